The molecule has 0 saturated heterocycles. The molecule has 0 aromatic carbocycles. The molecule has 0 radical (unpaired) electrons. The van der Waals surface area contributed by atoms with Crippen LogP contribution in [0.5, 0.6) is 0 Å². The molecular weight excluding hydrogens is 280 g/mol. The van der Waals surface area contributed by atoms with Crippen LogP contribution in [-0.2, 0) is 32.4 Å². The Morgan fingerprint density at radius 3 is 3.05 bits per heavy atom. The van der Waals surface area contributed by atoms with Gasteiger partial charge >= 0.3 is 0 Å². The third-order valence-electron chi connectivity index (χ3n) is 4.13. The lowest BCUT2D eigenvalue weighted by atomic mass is 9.99. The average Bonchev–Trinajstić information content (AvgIpc) is 3.14. The summed E-state index contributed by atoms with van der Waals surface area (Å²) in [6.07, 6.45) is 4.99. The van der Waals surface area contributed by atoms with E-state index >= 15 is 0 Å². The maximum absolute atomic E-state index is 5.19. The largest absolute Gasteiger partial charge is 0.339 e. The van der Waals surface area contributed by atoms with Gasteiger partial charge in [-0.05, 0) is 18.8 Å². The maximum Gasteiger partial charge on any atom is 0.226 e. The van der Waals surface area contributed by atoms with Crippen molar-refractivity contribution in [2.45, 2.75) is 59.0 Å². The summed E-state index contributed by atoms with van der Waals surface area (Å²) in [5.41, 5.74) is 0. The molecule has 0 unspecified atom stereocenters. The predicted molar refractivity (Wildman–Crippen MR) is 81.2 cm³/mol. The van der Waals surface area contributed by atoms with Crippen molar-refractivity contribution in [3.63, 3.8) is 0 Å². The van der Waals surface area contributed by atoms with E-state index in [1.165, 1.54) is 0 Å². The number of aromatic nitrogens is 5. The Morgan fingerprint density at radius 2 is 2.23 bits per heavy atom. The van der Waals surface area contributed by atoms with Crippen molar-refractivity contribution >= 4 is 0 Å². The topological polar surface area (TPSA) is 81.7 Å². The van der Waals surface area contributed by atoms with Crippen LogP contribution in [-0.4, -0.2) is 31.4 Å². The summed E-state index contributed by atoms with van der Waals surface area (Å²) >= 11 is 0. The van der Waals surface area contributed by atoms with Crippen molar-refractivity contribution < 1.29 is 4.52 Å². The normalized spacial score (nSPS) is 17.6. The monoisotopic (exact) mass is 304 g/mol. The van der Waals surface area contributed by atoms with Crippen LogP contribution in [0.1, 0.15) is 50.1 Å². The molecule has 22 heavy (non-hydrogen) atoms. The lowest BCUT2D eigenvalue weighted by Crippen LogP contribution is -2.30. The lowest BCUT2D eigenvalue weighted by molar-refractivity contribution is 0.338. The number of nitrogens with one attached hydrogen (secondary N) is 1. The molecule has 1 aliphatic heterocycles. The minimum atomic E-state index is 0.607. The molecule has 0 bridgehead atoms. The predicted octanol–water partition coefficient (Wildman–Crippen LogP) is 1.53. The van der Waals surface area contributed by atoms with Gasteiger partial charge in [0.25, 0.3) is 0 Å². The van der Waals surface area contributed by atoms with Gasteiger partial charge in [0.05, 0.1) is 6.54 Å². The van der Waals surface area contributed by atoms with E-state index in [1.807, 2.05) is 0 Å². The minimum absolute atomic E-state index is 0.607. The number of fused-ring (bicyclic) bond motifs is 1. The SMILES string of the molecule is CCCc1nc(CNC[C@H]2CCc3nnc(CC)n3C2)no1. The number of aryl methyl sites for hydroxylation is 3. The van der Waals surface area contributed by atoms with Gasteiger partial charge in [-0.1, -0.05) is 19.0 Å². The lowest BCUT2D eigenvalue weighted by Gasteiger charge is -2.24. The molecule has 1 N–H and O–H groups in total. The van der Waals surface area contributed by atoms with E-state index in [0.717, 1.165) is 68.6 Å². The van der Waals surface area contributed by atoms with Gasteiger partial charge in [-0.3, -0.25) is 0 Å². The average molecular weight is 304 g/mol. The van der Waals surface area contributed by atoms with Crippen molar-refractivity contribution in [3.05, 3.63) is 23.4 Å². The second kappa shape index (κ2) is 7.00. The van der Waals surface area contributed by atoms with Crippen LogP contribution in [0.15, 0.2) is 4.52 Å². The first kappa shape index (κ1) is 15.1. The molecule has 7 heteroatoms. The van der Waals surface area contributed by atoms with E-state index in [2.05, 4.69) is 44.1 Å². The molecule has 7 nitrogen and oxygen atoms in total. The van der Waals surface area contributed by atoms with E-state index in [9.17, 15) is 0 Å². The van der Waals surface area contributed by atoms with E-state index in [-0.39, 0.29) is 0 Å². The zero-order valence-electron chi connectivity index (χ0n) is 13.4. The number of nitrogens with zero attached hydrogens (tertiary/aromatic N) is 5. The number of rotatable bonds is 7. The Hall–Kier alpha value is -1.76. The van der Waals surface area contributed by atoms with Crippen LogP contribution >= 0.6 is 0 Å². The summed E-state index contributed by atoms with van der Waals surface area (Å²) in [6.45, 7) is 6.86. The first-order valence-electron chi connectivity index (χ1n) is 8.23. The fourth-order valence-corrected chi connectivity index (χ4v) is 2.94. The molecule has 2 aromatic heterocycles. The van der Waals surface area contributed by atoms with E-state index in [4.69, 9.17) is 4.52 Å². The van der Waals surface area contributed by atoms with Gasteiger partial charge in [0.2, 0.25) is 5.89 Å². The smallest absolute Gasteiger partial charge is 0.226 e. The summed E-state index contributed by atoms with van der Waals surface area (Å²) in [5.74, 6) is 4.32. The van der Waals surface area contributed by atoms with E-state index < -0.39 is 0 Å². The number of hydrogen-bond acceptors (Lipinski definition) is 6. The fourth-order valence-electron chi connectivity index (χ4n) is 2.94. The highest BCUT2D eigenvalue weighted by Gasteiger charge is 2.22. The van der Waals surface area contributed by atoms with Gasteiger partial charge in [-0.15, -0.1) is 10.2 Å². The first-order chi connectivity index (χ1) is 10.8. The molecule has 0 amide bonds. The molecule has 2 aromatic rings. The Morgan fingerprint density at radius 1 is 1.32 bits per heavy atom. The summed E-state index contributed by atoms with van der Waals surface area (Å²) in [7, 11) is 0. The van der Waals surface area contributed by atoms with Crippen LogP contribution < -0.4 is 5.32 Å². The van der Waals surface area contributed by atoms with Gasteiger partial charge in [-0.2, -0.15) is 4.98 Å². The van der Waals surface area contributed by atoms with Crippen molar-refractivity contribution in [2.24, 2.45) is 5.92 Å². The van der Waals surface area contributed by atoms with Gasteiger partial charge < -0.3 is 14.4 Å². The molecule has 0 aliphatic carbocycles. The summed E-state index contributed by atoms with van der Waals surface area (Å²) < 4.78 is 7.47. The maximum atomic E-state index is 5.19. The molecule has 120 valence electrons. The Bertz CT molecular complexity index is 591. The molecular formula is C15H24N6O. The summed E-state index contributed by atoms with van der Waals surface area (Å²) in [5, 5.41) is 16.0. The second-order valence-electron chi connectivity index (χ2n) is 5.89. The Balaban J connectivity index is 1.48. The van der Waals surface area contributed by atoms with Gasteiger partial charge in [0, 0.05) is 32.4 Å². The third kappa shape index (κ3) is 3.35. The van der Waals surface area contributed by atoms with Crippen LogP contribution in [0.2, 0.25) is 0 Å². The Kier molecular flexibility index (Phi) is 4.82. The minimum Gasteiger partial charge on any atom is -0.339 e. The zero-order chi connectivity index (χ0) is 15.4. The standard InChI is InChI=1S/C15H24N6O/c1-3-5-15-17-12(20-22-15)9-16-8-11-6-7-14-19-18-13(4-2)21(14)10-11/h11,16H,3-10H2,1-2H3/t11-/m1/s1. The van der Waals surface area contributed by atoms with Gasteiger partial charge in [0.15, 0.2) is 5.82 Å². The Labute approximate surface area is 130 Å². The molecule has 1 atom stereocenters. The van der Waals surface area contributed by atoms with Crippen molar-refractivity contribution in [3.8, 4) is 0 Å². The fraction of sp³-hybridized carbons (Fsp3) is 0.733. The quantitative estimate of drug-likeness (QED) is 0.835. The van der Waals surface area contributed by atoms with Crippen LogP contribution in [0.4, 0.5) is 0 Å². The molecule has 0 saturated carbocycles. The first-order valence-corrected chi connectivity index (χ1v) is 8.23. The van der Waals surface area contributed by atoms with Gasteiger partial charge in [-0.25, -0.2) is 0 Å². The molecule has 1 aliphatic rings. The van der Waals surface area contributed by atoms with Crippen LogP contribution in [0.3, 0.4) is 0 Å². The van der Waals surface area contributed by atoms with E-state index in [1.54, 1.807) is 0 Å². The summed E-state index contributed by atoms with van der Waals surface area (Å²) in [4.78, 5) is 4.37. The van der Waals surface area contributed by atoms with Crippen LogP contribution in [0, 0.1) is 5.92 Å². The highest BCUT2D eigenvalue weighted by molar-refractivity contribution is 5.00. The molecule has 0 fully saturated rings. The summed E-state index contributed by atoms with van der Waals surface area (Å²) in [6, 6.07) is 0. The van der Waals surface area contributed by atoms with E-state index in [0.29, 0.717) is 12.5 Å². The van der Waals surface area contributed by atoms with Crippen molar-refractivity contribution in [2.75, 3.05) is 6.54 Å². The van der Waals surface area contributed by atoms with Crippen LogP contribution in [0.25, 0.3) is 0 Å². The molecule has 0 spiro atoms. The number of hydrogen-bond donors (Lipinski definition) is 1. The zero-order valence-corrected chi connectivity index (χ0v) is 13.4. The highest BCUT2D eigenvalue weighted by Crippen LogP contribution is 2.19. The van der Waals surface area contributed by atoms with Crippen molar-refractivity contribution in [1.82, 2.24) is 30.2 Å². The molecule has 3 rings (SSSR count). The highest BCUT2D eigenvalue weighted by atomic mass is 16.5. The second-order valence-corrected chi connectivity index (χ2v) is 5.89. The molecule has 3 heterocycles. The van der Waals surface area contributed by atoms with Gasteiger partial charge in [0.1, 0.15) is 11.6 Å². The van der Waals surface area contributed by atoms with Crippen molar-refractivity contribution in [1.29, 1.82) is 0 Å². The third-order valence-corrected chi connectivity index (χ3v) is 4.13.